The molecule has 0 saturated carbocycles. The van der Waals surface area contributed by atoms with E-state index in [9.17, 15) is 0 Å². The molecule has 0 saturated heterocycles. The molecule has 0 aliphatic heterocycles. The standard InChI is InChI=1S/C12H22O2Si2/c1-13-10-16(4,11-14-2)15(3)12-8-6-5-7-9-12/h5-9,15H,10-11H2,1-4H3. The fourth-order valence-corrected chi connectivity index (χ4v) is 11.1. The zero-order chi connectivity index (χ0) is 12.0. The van der Waals surface area contributed by atoms with Crippen molar-refractivity contribution in [2.24, 2.45) is 0 Å². The maximum atomic E-state index is 5.42. The highest BCUT2D eigenvalue weighted by Crippen LogP contribution is 2.09. The molecule has 0 heterocycles. The molecule has 0 N–H and O–H groups in total. The second-order valence-electron chi connectivity index (χ2n) is 4.65. The highest BCUT2D eigenvalue weighted by molar-refractivity contribution is 7.37. The molecule has 0 amide bonds. The number of ether oxygens (including phenoxy) is 2. The molecule has 2 nitrogen and oxygen atoms in total. The second-order valence-corrected chi connectivity index (χ2v) is 17.4. The van der Waals surface area contributed by atoms with E-state index in [0.717, 1.165) is 12.5 Å². The van der Waals surface area contributed by atoms with Gasteiger partial charge in [-0.1, -0.05) is 48.6 Å². The summed E-state index contributed by atoms with van der Waals surface area (Å²) >= 11 is 0. The summed E-state index contributed by atoms with van der Waals surface area (Å²) in [4.78, 5) is 0. The molecular formula is C12H22O2Si2. The molecule has 4 heteroatoms. The fraction of sp³-hybridized carbons (Fsp3) is 0.500. The van der Waals surface area contributed by atoms with Crippen LogP contribution in [0.3, 0.4) is 0 Å². The molecule has 16 heavy (non-hydrogen) atoms. The third-order valence-electron chi connectivity index (χ3n) is 3.29. The fourth-order valence-electron chi connectivity index (χ4n) is 2.10. The Bertz CT molecular complexity index is 297. The van der Waals surface area contributed by atoms with Crippen LogP contribution in [0.5, 0.6) is 0 Å². The van der Waals surface area contributed by atoms with Gasteiger partial charge < -0.3 is 9.47 Å². The zero-order valence-corrected chi connectivity index (χ0v) is 12.8. The molecule has 1 unspecified atom stereocenters. The van der Waals surface area contributed by atoms with Crippen molar-refractivity contribution in [3.05, 3.63) is 30.3 Å². The highest BCUT2D eigenvalue weighted by Gasteiger charge is 2.36. The lowest BCUT2D eigenvalue weighted by Gasteiger charge is -2.31. The Morgan fingerprint density at radius 3 is 2.00 bits per heavy atom. The van der Waals surface area contributed by atoms with Gasteiger partial charge in [-0.3, -0.25) is 0 Å². The number of benzene rings is 1. The van der Waals surface area contributed by atoms with Gasteiger partial charge >= 0.3 is 0 Å². The minimum Gasteiger partial charge on any atom is -0.388 e. The molecule has 0 fully saturated rings. The van der Waals surface area contributed by atoms with Gasteiger partial charge in [-0.05, 0) is 0 Å². The number of methoxy groups -OCH3 is 2. The number of hydrogen-bond donors (Lipinski definition) is 0. The van der Waals surface area contributed by atoms with Crippen molar-refractivity contribution in [3.8, 4) is 0 Å². The van der Waals surface area contributed by atoms with E-state index in [0.29, 0.717) is 0 Å². The first kappa shape index (κ1) is 13.6. The maximum absolute atomic E-state index is 5.42. The molecule has 0 aliphatic carbocycles. The van der Waals surface area contributed by atoms with E-state index >= 15 is 0 Å². The van der Waals surface area contributed by atoms with Crippen molar-refractivity contribution in [1.82, 2.24) is 0 Å². The minimum atomic E-state index is -1.40. The van der Waals surface area contributed by atoms with Gasteiger partial charge in [0.05, 0.1) is 8.31 Å². The van der Waals surface area contributed by atoms with E-state index in [1.54, 1.807) is 14.2 Å². The normalized spacial score (nSPS) is 13.8. The smallest absolute Gasteiger partial charge is 0.105 e. The van der Waals surface area contributed by atoms with Gasteiger partial charge in [0, 0.05) is 26.7 Å². The Kier molecular flexibility index (Phi) is 5.41. The predicted octanol–water partition coefficient (Wildman–Crippen LogP) is 1.28. The molecule has 1 aromatic carbocycles. The van der Waals surface area contributed by atoms with Gasteiger partial charge in [0.1, 0.15) is 7.59 Å². The third kappa shape index (κ3) is 3.28. The highest BCUT2D eigenvalue weighted by atomic mass is 29.2. The summed E-state index contributed by atoms with van der Waals surface area (Å²) in [6.45, 7) is 4.84. The van der Waals surface area contributed by atoms with E-state index in [1.165, 1.54) is 5.19 Å². The molecule has 1 aromatic rings. The molecule has 0 aliphatic rings. The van der Waals surface area contributed by atoms with Crippen LogP contribution in [0.1, 0.15) is 0 Å². The van der Waals surface area contributed by atoms with Crippen LogP contribution in [-0.4, -0.2) is 42.6 Å². The molecule has 0 bridgehead atoms. The SMILES string of the molecule is COC[Si](C)(COC)[SiH](C)c1ccccc1. The van der Waals surface area contributed by atoms with Crippen LogP contribution in [0.25, 0.3) is 0 Å². The minimum absolute atomic E-state index is 0.906. The van der Waals surface area contributed by atoms with Crippen LogP contribution in [0.4, 0.5) is 0 Å². The number of rotatable bonds is 6. The van der Waals surface area contributed by atoms with Crippen molar-refractivity contribution < 1.29 is 9.47 Å². The second kappa shape index (κ2) is 6.34. The first-order valence-corrected chi connectivity index (χ1v) is 12.1. The monoisotopic (exact) mass is 254 g/mol. The summed E-state index contributed by atoms with van der Waals surface area (Å²) in [5, 5.41) is 1.53. The van der Waals surface area contributed by atoms with Gasteiger partial charge in [0.2, 0.25) is 0 Å². The van der Waals surface area contributed by atoms with Gasteiger partial charge in [-0.15, -0.1) is 0 Å². The van der Waals surface area contributed by atoms with Crippen LogP contribution in [0, 0.1) is 0 Å². The van der Waals surface area contributed by atoms with Gasteiger partial charge in [0.15, 0.2) is 0 Å². The van der Waals surface area contributed by atoms with Crippen LogP contribution < -0.4 is 5.19 Å². The molecule has 0 spiro atoms. The summed E-state index contributed by atoms with van der Waals surface area (Å²) < 4.78 is 10.8. The van der Waals surface area contributed by atoms with Gasteiger partial charge in [0.25, 0.3) is 0 Å². The van der Waals surface area contributed by atoms with Crippen molar-refractivity contribution >= 4 is 21.1 Å². The Labute approximate surface area is 101 Å². The predicted molar refractivity (Wildman–Crippen MR) is 74.5 cm³/mol. The Balaban J connectivity index is 2.86. The number of hydrogen-bond acceptors (Lipinski definition) is 2. The first-order chi connectivity index (χ1) is 7.64. The lowest BCUT2D eigenvalue weighted by molar-refractivity contribution is 0.220. The molecule has 1 rings (SSSR count). The first-order valence-electron chi connectivity index (χ1n) is 5.67. The quantitative estimate of drug-likeness (QED) is 0.712. The Hall–Kier alpha value is -0.426. The van der Waals surface area contributed by atoms with E-state index in [-0.39, 0.29) is 0 Å². The molecular weight excluding hydrogens is 232 g/mol. The van der Waals surface area contributed by atoms with Crippen LogP contribution >= 0.6 is 0 Å². The lowest BCUT2D eigenvalue weighted by atomic mass is 10.4. The summed E-state index contributed by atoms with van der Waals surface area (Å²) in [5.41, 5.74) is 0. The summed E-state index contributed by atoms with van der Waals surface area (Å²) in [6, 6.07) is 10.9. The largest absolute Gasteiger partial charge is 0.388 e. The molecule has 90 valence electrons. The molecule has 1 atom stereocenters. The average molecular weight is 254 g/mol. The Morgan fingerprint density at radius 1 is 1.06 bits per heavy atom. The van der Waals surface area contributed by atoms with Crippen molar-refractivity contribution in [2.75, 3.05) is 26.7 Å². The van der Waals surface area contributed by atoms with E-state index in [4.69, 9.17) is 9.47 Å². The summed E-state index contributed by atoms with van der Waals surface area (Å²) in [6.07, 6.45) is 1.81. The molecule has 0 aromatic heterocycles. The maximum Gasteiger partial charge on any atom is 0.105 e. The molecule has 0 radical (unpaired) electrons. The Morgan fingerprint density at radius 2 is 1.56 bits per heavy atom. The van der Waals surface area contributed by atoms with Gasteiger partial charge in [-0.25, -0.2) is 0 Å². The summed E-state index contributed by atoms with van der Waals surface area (Å²) in [5.74, 6) is 0. The van der Waals surface area contributed by atoms with E-state index in [1.807, 2.05) is 0 Å². The zero-order valence-electron chi connectivity index (χ0n) is 10.7. The topological polar surface area (TPSA) is 18.5 Å². The van der Waals surface area contributed by atoms with Crippen molar-refractivity contribution in [3.63, 3.8) is 0 Å². The van der Waals surface area contributed by atoms with Gasteiger partial charge in [-0.2, -0.15) is 0 Å². The van der Waals surface area contributed by atoms with Crippen molar-refractivity contribution in [1.29, 1.82) is 0 Å². The van der Waals surface area contributed by atoms with Crippen molar-refractivity contribution in [2.45, 2.75) is 13.1 Å². The van der Waals surface area contributed by atoms with Crippen LogP contribution in [-0.2, 0) is 9.47 Å². The van der Waals surface area contributed by atoms with E-state index in [2.05, 4.69) is 43.4 Å². The van der Waals surface area contributed by atoms with Crippen LogP contribution in [0.2, 0.25) is 13.1 Å². The lowest BCUT2D eigenvalue weighted by Crippen LogP contribution is -2.60. The third-order valence-corrected chi connectivity index (χ3v) is 16.9. The van der Waals surface area contributed by atoms with Crippen LogP contribution in [0.15, 0.2) is 30.3 Å². The summed E-state index contributed by atoms with van der Waals surface area (Å²) in [7, 11) is 1.26. The average Bonchev–Trinajstić information content (AvgIpc) is 2.30. The van der Waals surface area contributed by atoms with E-state index < -0.39 is 15.9 Å².